The summed E-state index contributed by atoms with van der Waals surface area (Å²) >= 11 is 7.40. The molecule has 18 heavy (non-hydrogen) atoms. The van der Waals surface area contributed by atoms with Gasteiger partial charge in [-0.15, -0.1) is 11.3 Å². The lowest BCUT2D eigenvalue weighted by molar-refractivity contribution is -0.125. The first-order valence-corrected chi connectivity index (χ1v) is 7.44. The van der Waals surface area contributed by atoms with Crippen molar-refractivity contribution in [3.8, 4) is 0 Å². The number of rotatable bonds is 7. The molecule has 1 amide bonds. The SMILES string of the molecule is CC(C)CC(CN)C(=O)NCCc1ccc(Cl)s1. The first kappa shape index (κ1) is 15.5. The highest BCUT2D eigenvalue weighted by Gasteiger charge is 2.17. The van der Waals surface area contributed by atoms with Crippen LogP contribution in [0, 0.1) is 11.8 Å². The lowest BCUT2D eigenvalue weighted by atomic mass is 9.96. The Labute approximate surface area is 118 Å². The summed E-state index contributed by atoms with van der Waals surface area (Å²) in [7, 11) is 0. The topological polar surface area (TPSA) is 55.1 Å². The summed E-state index contributed by atoms with van der Waals surface area (Å²) in [6.45, 7) is 5.26. The maximum absolute atomic E-state index is 11.9. The molecule has 1 atom stereocenters. The normalized spacial score (nSPS) is 12.7. The van der Waals surface area contributed by atoms with Gasteiger partial charge >= 0.3 is 0 Å². The van der Waals surface area contributed by atoms with E-state index in [9.17, 15) is 4.79 Å². The second kappa shape index (κ2) is 7.77. The molecule has 5 heteroatoms. The summed E-state index contributed by atoms with van der Waals surface area (Å²) in [5.74, 6) is 0.478. The van der Waals surface area contributed by atoms with Gasteiger partial charge in [0.05, 0.1) is 10.3 Å². The number of hydrogen-bond acceptors (Lipinski definition) is 3. The zero-order chi connectivity index (χ0) is 13.5. The highest BCUT2D eigenvalue weighted by atomic mass is 35.5. The third-order valence-electron chi connectivity index (χ3n) is 2.71. The molecule has 0 radical (unpaired) electrons. The quantitative estimate of drug-likeness (QED) is 0.810. The van der Waals surface area contributed by atoms with Crippen molar-refractivity contribution in [2.45, 2.75) is 26.7 Å². The number of halogens is 1. The van der Waals surface area contributed by atoms with Crippen molar-refractivity contribution < 1.29 is 4.79 Å². The van der Waals surface area contributed by atoms with Crippen LogP contribution in [0.2, 0.25) is 4.34 Å². The average Bonchev–Trinajstić information content (AvgIpc) is 2.71. The molecule has 1 unspecified atom stereocenters. The van der Waals surface area contributed by atoms with Crippen molar-refractivity contribution in [2.24, 2.45) is 17.6 Å². The summed E-state index contributed by atoms with van der Waals surface area (Å²) in [4.78, 5) is 13.1. The van der Waals surface area contributed by atoms with Crippen molar-refractivity contribution in [1.82, 2.24) is 5.32 Å². The second-order valence-electron chi connectivity index (χ2n) is 4.81. The Morgan fingerprint density at radius 1 is 1.50 bits per heavy atom. The van der Waals surface area contributed by atoms with Gasteiger partial charge in [0, 0.05) is 18.0 Å². The Balaban J connectivity index is 2.31. The molecule has 0 bridgehead atoms. The number of nitrogens with one attached hydrogen (secondary N) is 1. The average molecular weight is 289 g/mol. The first-order chi connectivity index (χ1) is 8.52. The molecule has 102 valence electrons. The monoisotopic (exact) mass is 288 g/mol. The van der Waals surface area contributed by atoms with Crippen molar-refractivity contribution in [1.29, 1.82) is 0 Å². The summed E-state index contributed by atoms with van der Waals surface area (Å²) < 4.78 is 0.788. The smallest absolute Gasteiger partial charge is 0.224 e. The number of amides is 1. The number of thiophene rings is 1. The maximum Gasteiger partial charge on any atom is 0.224 e. The molecule has 0 aliphatic carbocycles. The lowest BCUT2D eigenvalue weighted by Gasteiger charge is -2.16. The fourth-order valence-electron chi connectivity index (χ4n) is 1.82. The summed E-state index contributed by atoms with van der Waals surface area (Å²) in [6, 6.07) is 3.87. The van der Waals surface area contributed by atoms with Crippen LogP contribution < -0.4 is 11.1 Å². The molecule has 3 N–H and O–H groups in total. The third kappa shape index (κ3) is 5.38. The van der Waals surface area contributed by atoms with Crippen LogP contribution in [-0.2, 0) is 11.2 Å². The minimum atomic E-state index is -0.0723. The van der Waals surface area contributed by atoms with Crippen molar-refractivity contribution >= 4 is 28.8 Å². The van der Waals surface area contributed by atoms with Crippen molar-refractivity contribution in [3.63, 3.8) is 0 Å². The van der Waals surface area contributed by atoms with Gasteiger partial charge in [0.1, 0.15) is 0 Å². The van der Waals surface area contributed by atoms with Gasteiger partial charge in [-0.25, -0.2) is 0 Å². The molecule has 3 nitrogen and oxygen atoms in total. The van der Waals surface area contributed by atoms with Crippen LogP contribution in [0.15, 0.2) is 12.1 Å². The Morgan fingerprint density at radius 2 is 2.22 bits per heavy atom. The van der Waals surface area contributed by atoms with Crippen LogP contribution in [0.4, 0.5) is 0 Å². The Morgan fingerprint density at radius 3 is 2.72 bits per heavy atom. The summed E-state index contributed by atoms with van der Waals surface area (Å²) in [5, 5.41) is 2.94. The fraction of sp³-hybridized carbons (Fsp3) is 0.615. The maximum atomic E-state index is 11.9. The van der Waals surface area contributed by atoms with E-state index < -0.39 is 0 Å². The van der Waals surface area contributed by atoms with Crippen LogP contribution in [-0.4, -0.2) is 19.0 Å². The van der Waals surface area contributed by atoms with E-state index in [1.807, 2.05) is 12.1 Å². The zero-order valence-corrected chi connectivity index (χ0v) is 12.5. The predicted octanol–water partition coefficient (Wildman–Crippen LogP) is 2.68. The lowest BCUT2D eigenvalue weighted by Crippen LogP contribution is -2.36. The van der Waals surface area contributed by atoms with E-state index in [0.717, 1.165) is 17.2 Å². The standard InChI is InChI=1S/C13H21ClN2OS/c1-9(2)7-10(8-15)13(17)16-6-5-11-3-4-12(14)18-11/h3-4,9-10H,5-8,15H2,1-2H3,(H,16,17). The molecular weight excluding hydrogens is 268 g/mol. The zero-order valence-electron chi connectivity index (χ0n) is 10.9. The van der Waals surface area contributed by atoms with Gasteiger partial charge in [-0.1, -0.05) is 25.4 Å². The van der Waals surface area contributed by atoms with E-state index in [4.69, 9.17) is 17.3 Å². The Kier molecular flexibility index (Phi) is 6.68. The molecular formula is C13H21ClN2OS. The van der Waals surface area contributed by atoms with E-state index in [2.05, 4.69) is 19.2 Å². The van der Waals surface area contributed by atoms with Gasteiger partial charge < -0.3 is 11.1 Å². The second-order valence-corrected chi connectivity index (χ2v) is 6.61. The highest BCUT2D eigenvalue weighted by molar-refractivity contribution is 7.16. The molecule has 0 saturated heterocycles. The van der Waals surface area contributed by atoms with Crippen LogP contribution in [0.25, 0.3) is 0 Å². The number of carbonyl (C=O) groups excluding carboxylic acids is 1. The molecule has 0 aromatic carbocycles. The van der Waals surface area contributed by atoms with E-state index in [1.165, 1.54) is 4.88 Å². The van der Waals surface area contributed by atoms with Crippen LogP contribution >= 0.6 is 22.9 Å². The first-order valence-electron chi connectivity index (χ1n) is 6.25. The minimum absolute atomic E-state index is 0.0638. The molecule has 0 fully saturated rings. The van der Waals surface area contributed by atoms with E-state index >= 15 is 0 Å². The van der Waals surface area contributed by atoms with Crippen molar-refractivity contribution in [2.75, 3.05) is 13.1 Å². The van der Waals surface area contributed by atoms with E-state index in [-0.39, 0.29) is 11.8 Å². The van der Waals surface area contributed by atoms with Gasteiger partial charge in [-0.2, -0.15) is 0 Å². The Hall–Kier alpha value is -0.580. The summed E-state index contributed by atoms with van der Waals surface area (Å²) in [5.41, 5.74) is 5.63. The molecule has 1 aromatic rings. The van der Waals surface area contributed by atoms with Crippen LogP contribution in [0.5, 0.6) is 0 Å². The molecule has 0 aliphatic heterocycles. The van der Waals surface area contributed by atoms with E-state index in [0.29, 0.717) is 19.0 Å². The molecule has 1 rings (SSSR count). The molecule has 0 aliphatic rings. The molecule has 0 spiro atoms. The van der Waals surface area contributed by atoms with E-state index in [1.54, 1.807) is 11.3 Å². The van der Waals surface area contributed by atoms with Gasteiger partial charge in [0.25, 0.3) is 0 Å². The molecule has 1 heterocycles. The fourth-order valence-corrected chi connectivity index (χ4v) is 2.91. The third-order valence-corrected chi connectivity index (χ3v) is 4.00. The number of carbonyl (C=O) groups is 1. The van der Waals surface area contributed by atoms with Gasteiger partial charge in [0.15, 0.2) is 0 Å². The largest absolute Gasteiger partial charge is 0.355 e. The minimum Gasteiger partial charge on any atom is -0.355 e. The van der Waals surface area contributed by atoms with Gasteiger partial charge in [-0.3, -0.25) is 4.79 Å². The van der Waals surface area contributed by atoms with Crippen LogP contribution in [0.1, 0.15) is 25.1 Å². The Bertz CT molecular complexity index is 379. The number of hydrogen-bond donors (Lipinski definition) is 2. The molecule has 1 aromatic heterocycles. The van der Waals surface area contributed by atoms with Crippen LogP contribution in [0.3, 0.4) is 0 Å². The number of nitrogens with two attached hydrogens (primary N) is 1. The van der Waals surface area contributed by atoms with Gasteiger partial charge in [-0.05, 0) is 30.9 Å². The predicted molar refractivity (Wildman–Crippen MR) is 78.0 cm³/mol. The van der Waals surface area contributed by atoms with Crippen molar-refractivity contribution in [3.05, 3.63) is 21.3 Å². The highest BCUT2D eigenvalue weighted by Crippen LogP contribution is 2.21. The summed E-state index contributed by atoms with van der Waals surface area (Å²) in [6.07, 6.45) is 1.66. The van der Waals surface area contributed by atoms with Gasteiger partial charge in [0.2, 0.25) is 5.91 Å². The molecule has 0 saturated carbocycles.